The maximum absolute atomic E-state index is 11.6. The van der Waals surface area contributed by atoms with E-state index in [0.717, 1.165) is 12.8 Å². The fraction of sp³-hybridized carbons (Fsp3) is 0.900. The molecule has 1 unspecified atom stereocenters. The van der Waals surface area contributed by atoms with Crippen molar-refractivity contribution in [3.05, 3.63) is 0 Å². The van der Waals surface area contributed by atoms with Gasteiger partial charge in [-0.1, -0.05) is 13.3 Å². The molecule has 0 spiro atoms. The second-order valence-corrected chi connectivity index (χ2v) is 4.19. The lowest BCUT2D eigenvalue weighted by Gasteiger charge is -2.17. The lowest BCUT2D eigenvalue weighted by molar-refractivity contribution is -0.131. The van der Waals surface area contributed by atoms with Crippen LogP contribution in [0.4, 0.5) is 0 Å². The van der Waals surface area contributed by atoms with Crippen LogP contribution < -0.4 is 5.73 Å². The molecule has 1 aliphatic heterocycles. The Balaban J connectivity index is 2.35. The van der Waals surface area contributed by atoms with Crippen LogP contribution in [0.2, 0.25) is 0 Å². The van der Waals surface area contributed by atoms with Crippen molar-refractivity contribution < 1.29 is 15.0 Å². The van der Waals surface area contributed by atoms with Crippen molar-refractivity contribution in [1.82, 2.24) is 4.90 Å². The Morgan fingerprint density at radius 1 is 1.47 bits per heavy atom. The second kappa shape index (κ2) is 5.44. The summed E-state index contributed by atoms with van der Waals surface area (Å²) in [4.78, 5) is 13.1. The van der Waals surface area contributed by atoms with Gasteiger partial charge in [0.1, 0.15) is 0 Å². The van der Waals surface area contributed by atoms with Crippen molar-refractivity contribution in [1.29, 1.82) is 0 Å². The molecule has 0 aromatic rings. The van der Waals surface area contributed by atoms with Crippen LogP contribution in [0.3, 0.4) is 0 Å². The number of likely N-dealkylation sites (tertiary alicyclic amines) is 1. The zero-order valence-electron chi connectivity index (χ0n) is 9.09. The number of aliphatic hydroxyl groups is 2. The van der Waals surface area contributed by atoms with Crippen molar-refractivity contribution in [2.24, 2.45) is 5.73 Å². The van der Waals surface area contributed by atoms with E-state index in [1.54, 1.807) is 0 Å². The zero-order valence-corrected chi connectivity index (χ0v) is 9.09. The minimum absolute atomic E-state index is 0.0773. The predicted octanol–water partition coefficient (Wildman–Crippen LogP) is -0.932. The van der Waals surface area contributed by atoms with Crippen LogP contribution in [-0.4, -0.2) is 52.4 Å². The average molecular weight is 216 g/mol. The lowest BCUT2D eigenvalue weighted by atomic mass is 10.1. The fourth-order valence-electron chi connectivity index (χ4n) is 1.80. The number of nitrogens with two attached hydrogens (primary N) is 1. The largest absolute Gasteiger partial charge is 0.388 e. The van der Waals surface area contributed by atoms with Gasteiger partial charge in [-0.2, -0.15) is 0 Å². The standard InChI is InChI=1S/C10H20N2O3/c1-2-3-7(11)4-10(15)12-5-8(13)9(14)6-12/h7-9,13-14H,2-6,11H2,1H3/t7?,8-,9+. The third kappa shape index (κ3) is 3.44. The maximum atomic E-state index is 11.6. The Morgan fingerprint density at radius 3 is 2.47 bits per heavy atom. The summed E-state index contributed by atoms with van der Waals surface area (Å²) in [6.07, 6.45) is 0.463. The molecule has 0 saturated carbocycles. The number of hydrogen-bond donors (Lipinski definition) is 3. The number of amides is 1. The molecule has 1 heterocycles. The van der Waals surface area contributed by atoms with Gasteiger partial charge < -0.3 is 20.8 Å². The topological polar surface area (TPSA) is 86.8 Å². The van der Waals surface area contributed by atoms with Gasteiger partial charge in [0, 0.05) is 25.6 Å². The molecular weight excluding hydrogens is 196 g/mol. The molecule has 4 N–H and O–H groups in total. The van der Waals surface area contributed by atoms with E-state index in [1.807, 2.05) is 6.92 Å². The molecule has 5 nitrogen and oxygen atoms in total. The summed E-state index contributed by atoms with van der Waals surface area (Å²) >= 11 is 0. The highest BCUT2D eigenvalue weighted by atomic mass is 16.3. The van der Waals surface area contributed by atoms with Crippen LogP contribution in [0.5, 0.6) is 0 Å². The lowest BCUT2D eigenvalue weighted by Crippen LogP contribution is -2.35. The third-order valence-electron chi connectivity index (χ3n) is 2.71. The first-order chi connectivity index (χ1) is 7.04. The van der Waals surface area contributed by atoms with Gasteiger partial charge in [0.05, 0.1) is 12.2 Å². The highest BCUT2D eigenvalue weighted by Gasteiger charge is 2.32. The first kappa shape index (κ1) is 12.4. The molecule has 1 aliphatic rings. The van der Waals surface area contributed by atoms with Gasteiger partial charge in [-0.25, -0.2) is 0 Å². The molecule has 15 heavy (non-hydrogen) atoms. The number of hydrogen-bond acceptors (Lipinski definition) is 4. The number of carbonyl (C=O) groups excluding carboxylic acids is 1. The van der Waals surface area contributed by atoms with E-state index < -0.39 is 12.2 Å². The summed E-state index contributed by atoms with van der Waals surface area (Å²) in [5, 5.41) is 18.6. The van der Waals surface area contributed by atoms with Crippen LogP contribution in [-0.2, 0) is 4.79 Å². The average Bonchev–Trinajstić information content (AvgIpc) is 2.47. The molecule has 1 saturated heterocycles. The Morgan fingerprint density at radius 2 is 2.00 bits per heavy atom. The molecule has 0 radical (unpaired) electrons. The fourth-order valence-corrected chi connectivity index (χ4v) is 1.80. The maximum Gasteiger partial charge on any atom is 0.224 e. The molecule has 5 heteroatoms. The first-order valence-corrected chi connectivity index (χ1v) is 5.44. The van der Waals surface area contributed by atoms with E-state index >= 15 is 0 Å². The quantitative estimate of drug-likeness (QED) is 0.566. The Hall–Kier alpha value is -0.650. The highest BCUT2D eigenvalue weighted by molar-refractivity contribution is 5.77. The van der Waals surface area contributed by atoms with E-state index in [9.17, 15) is 15.0 Å². The first-order valence-electron chi connectivity index (χ1n) is 5.44. The zero-order chi connectivity index (χ0) is 11.4. The predicted molar refractivity (Wildman–Crippen MR) is 56.1 cm³/mol. The molecule has 1 rings (SSSR count). The SMILES string of the molecule is CCCC(N)CC(=O)N1C[C@@H](O)[C@@H](O)C1. The molecule has 0 aromatic heterocycles. The molecule has 88 valence electrons. The van der Waals surface area contributed by atoms with Crippen molar-refractivity contribution in [2.75, 3.05) is 13.1 Å². The summed E-state index contributed by atoms with van der Waals surface area (Å²) in [7, 11) is 0. The summed E-state index contributed by atoms with van der Waals surface area (Å²) in [5.74, 6) is -0.0773. The third-order valence-corrected chi connectivity index (χ3v) is 2.71. The Labute approximate surface area is 89.9 Å². The van der Waals surface area contributed by atoms with Gasteiger partial charge >= 0.3 is 0 Å². The number of β-amino-alcohol motifs (C(OH)–C–C–N with tert-alkyl or cyclic N) is 2. The van der Waals surface area contributed by atoms with Crippen LogP contribution >= 0.6 is 0 Å². The van der Waals surface area contributed by atoms with Crippen molar-refractivity contribution in [3.8, 4) is 0 Å². The minimum atomic E-state index is -0.809. The van der Waals surface area contributed by atoms with Crippen LogP contribution in [0, 0.1) is 0 Å². The van der Waals surface area contributed by atoms with E-state index in [4.69, 9.17) is 5.73 Å². The van der Waals surface area contributed by atoms with Gasteiger partial charge in [-0.3, -0.25) is 4.79 Å². The summed E-state index contributed by atoms with van der Waals surface area (Å²) in [5.41, 5.74) is 5.75. The van der Waals surface area contributed by atoms with E-state index in [0.29, 0.717) is 6.42 Å². The summed E-state index contributed by atoms with van der Waals surface area (Å²) in [6.45, 7) is 2.46. The van der Waals surface area contributed by atoms with Gasteiger partial charge in [-0.05, 0) is 6.42 Å². The highest BCUT2D eigenvalue weighted by Crippen LogP contribution is 2.12. The normalized spacial score (nSPS) is 28.1. The Kier molecular flexibility index (Phi) is 4.50. The van der Waals surface area contributed by atoms with Crippen LogP contribution in [0.15, 0.2) is 0 Å². The summed E-state index contributed by atoms with van der Waals surface area (Å²) in [6, 6.07) is -0.114. The van der Waals surface area contributed by atoms with Crippen LogP contribution in [0.25, 0.3) is 0 Å². The van der Waals surface area contributed by atoms with E-state index in [1.165, 1.54) is 4.90 Å². The van der Waals surface area contributed by atoms with E-state index in [-0.39, 0.29) is 25.0 Å². The van der Waals surface area contributed by atoms with Crippen molar-refractivity contribution in [3.63, 3.8) is 0 Å². The summed E-state index contributed by atoms with van der Waals surface area (Å²) < 4.78 is 0. The number of nitrogens with zero attached hydrogens (tertiary/aromatic N) is 1. The minimum Gasteiger partial charge on any atom is -0.388 e. The molecular formula is C10H20N2O3. The second-order valence-electron chi connectivity index (χ2n) is 4.19. The molecule has 0 aromatic carbocycles. The smallest absolute Gasteiger partial charge is 0.224 e. The molecule has 0 aliphatic carbocycles. The van der Waals surface area contributed by atoms with Crippen LogP contribution in [0.1, 0.15) is 26.2 Å². The number of aliphatic hydroxyl groups excluding tert-OH is 2. The monoisotopic (exact) mass is 216 g/mol. The Bertz CT molecular complexity index is 213. The number of carbonyl (C=O) groups is 1. The van der Waals surface area contributed by atoms with Crippen molar-refractivity contribution in [2.45, 2.75) is 44.4 Å². The number of rotatable bonds is 4. The molecule has 1 fully saturated rings. The van der Waals surface area contributed by atoms with Gasteiger partial charge in [0.25, 0.3) is 0 Å². The van der Waals surface area contributed by atoms with E-state index in [2.05, 4.69) is 0 Å². The molecule has 3 atom stereocenters. The molecule has 1 amide bonds. The van der Waals surface area contributed by atoms with Gasteiger partial charge in [0.2, 0.25) is 5.91 Å². The molecule has 0 bridgehead atoms. The van der Waals surface area contributed by atoms with Gasteiger partial charge in [-0.15, -0.1) is 0 Å². The van der Waals surface area contributed by atoms with Gasteiger partial charge in [0.15, 0.2) is 0 Å². The van der Waals surface area contributed by atoms with Crippen molar-refractivity contribution >= 4 is 5.91 Å².